The molecule has 0 aliphatic carbocycles. The molecular formula is C18H33NO4. The highest BCUT2D eigenvalue weighted by molar-refractivity contribution is 5.95. The fraction of sp³-hybridized carbons (Fsp3) is 0.778. The minimum atomic E-state index is -0.569. The molecular weight excluding hydrogens is 294 g/mol. The average Bonchev–Trinajstić information content (AvgIpc) is 2.57. The van der Waals surface area contributed by atoms with E-state index in [4.69, 9.17) is 0 Å². The molecule has 0 spiro atoms. The van der Waals surface area contributed by atoms with Crippen LogP contribution >= 0.6 is 0 Å². The number of carbonyl (C=O) groups excluding carboxylic acids is 2. The van der Waals surface area contributed by atoms with Crippen LogP contribution in [0.5, 0.6) is 0 Å². The summed E-state index contributed by atoms with van der Waals surface area (Å²) in [4.78, 5) is 22.7. The van der Waals surface area contributed by atoms with Gasteiger partial charge in [0.25, 0.3) is 0 Å². The van der Waals surface area contributed by atoms with Crippen LogP contribution in [-0.2, 0) is 19.1 Å². The molecule has 23 heavy (non-hydrogen) atoms. The van der Waals surface area contributed by atoms with Crippen molar-refractivity contribution in [3.8, 4) is 0 Å². The summed E-state index contributed by atoms with van der Waals surface area (Å²) in [6.07, 6.45) is 13.7. The molecule has 0 saturated heterocycles. The van der Waals surface area contributed by atoms with Crippen molar-refractivity contribution in [1.29, 1.82) is 0 Å². The van der Waals surface area contributed by atoms with Crippen molar-refractivity contribution < 1.29 is 19.1 Å². The second-order valence-corrected chi connectivity index (χ2v) is 5.68. The Hall–Kier alpha value is -1.52. The zero-order valence-corrected chi connectivity index (χ0v) is 15.0. The zero-order chi connectivity index (χ0) is 17.3. The molecule has 0 saturated carbocycles. The van der Waals surface area contributed by atoms with Gasteiger partial charge in [-0.3, -0.25) is 0 Å². The number of ether oxygens (including phenoxy) is 2. The van der Waals surface area contributed by atoms with Gasteiger partial charge in [0.1, 0.15) is 5.70 Å². The quantitative estimate of drug-likeness (QED) is 0.299. The van der Waals surface area contributed by atoms with E-state index in [-0.39, 0.29) is 5.70 Å². The summed E-state index contributed by atoms with van der Waals surface area (Å²) in [6.45, 7) is 2.88. The molecule has 0 aromatic rings. The van der Waals surface area contributed by atoms with E-state index in [9.17, 15) is 9.59 Å². The Morgan fingerprint density at radius 2 is 1.35 bits per heavy atom. The lowest BCUT2D eigenvalue weighted by Crippen LogP contribution is -2.24. The van der Waals surface area contributed by atoms with E-state index in [1.54, 1.807) is 0 Å². The molecule has 5 heteroatoms. The maximum Gasteiger partial charge on any atom is 0.354 e. The highest BCUT2D eigenvalue weighted by Gasteiger charge is 2.11. The van der Waals surface area contributed by atoms with Crippen LogP contribution in [0.3, 0.4) is 0 Å². The first-order valence-electron chi connectivity index (χ1n) is 8.77. The summed E-state index contributed by atoms with van der Waals surface area (Å²) in [5.41, 5.74) is 0.148. The fourth-order valence-corrected chi connectivity index (χ4v) is 2.30. The van der Waals surface area contributed by atoms with Gasteiger partial charge in [0.2, 0.25) is 0 Å². The predicted octanol–water partition coefficient (Wildman–Crippen LogP) is 3.73. The first-order valence-corrected chi connectivity index (χ1v) is 8.77. The Morgan fingerprint density at radius 3 is 1.83 bits per heavy atom. The van der Waals surface area contributed by atoms with Gasteiger partial charge in [0.15, 0.2) is 0 Å². The van der Waals surface area contributed by atoms with E-state index in [0.717, 1.165) is 18.9 Å². The highest BCUT2D eigenvalue weighted by atomic mass is 16.5. The van der Waals surface area contributed by atoms with Crippen molar-refractivity contribution in [3.63, 3.8) is 0 Å². The number of rotatable bonds is 14. The lowest BCUT2D eigenvalue weighted by Gasteiger charge is -2.08. The van der Waals surface area contributed by atoms with Gasteiger partial charge >= 0.3 is 11.9 Å². The van der Waals surface area contributed by atoms with Crippen molar-refractivity contribution in [3.05, 3.63) is 11.8 Å². The van der Waals surface area contributed by atoms with Gasteiger partial charge in [-0.15, -0.1) is 0 Å². The monoisotopic (exact) mass is 327 g/mol. The molecule has 0 bridgehead atoms. The number of methoxy groups -OCH3 is 2. The van der Waals surface area contributed by atoms with E-state index in [0.29, 0.717) is 6.54 Å². The van der Waals surface area contributed by atoms with Gasteiger partial charge in [0.05, 0.1) is 20.3 Å². The number of carbonyl (C=O) groups is 2. The van der Waals surface area contributed by atoms with Crippen LogP contribution < -0.4 is 5.32 Å². The molecule has 0 aromatic heterocycles. The first-order chi connectivity index (χ1) is 11.2. The van der Waals surface area contributed by atoms with Crippen LogP contribution in [0, 0.1) is 0 Å². The standard InChI is InChI=1S/C18H33NO4/c1-4-5-6-7-8-9-10-11-12-13-14-19-16(18(21)23-3)15-17(20)22-2/h15,19H,4-14H2,1-3H3/b16-15+. The molecule has 0 unspecified atom stereocenters. The van der Waals surface area contributed by atoms with Crippen LogP contribution in [0.25, 0.3) is 0 Å². The third-order valence-corrected chi connectivity index (χ3v) is 3.71. The van der Waals surface area contributed by atoms with Crippen LogP contribution in [0.15, 0.2) is 11.8 Å². The number of unbranched alkanes of at least 4 members (excludes halogenated alkanes) is 9. The lowest BCUT2D eigenvalue weighted by molar-refractivity contribution is -0.138. The van der Waals surface area contributed by atoms with Crippen molar-refractivity contribution in [1.82, 2.24) is 5.32 Å². The zero-order valence-electron chi connectivity index (χ0n) is 15.0. The molecule has 5 nitrogen and oxygen atoms in total. The third-order valence-electron chi connectivity index (χ3n) is 3.71. The normalized spacial score (nSPS) is 11.2. The van der Waals surface area contributed by atoms with Crippen LogP contribution in [0.2, 0.25) is 0 Å². The molecule has 0 amide bonds. The molecule has 1 N–H and O–H groups in total. The summed E-state index contributed by atoms with van der Waals surface area (Å²) >= 11 is 0. The Kier molecular flexibility index (Phi) is 14.4. The molecule has 0 aliphatic heterocycles. The van der Waals surface area contributed by atoms with Gasteiger partial charge < -0.3 is 14.8 Å². The summed E-state index contributed by atoms with van der Waals surface area (Å²) in [5.74, 6) is -1.12. The molecule has 0 radical (unpaired) electrons. The average molecular weight is 327 g/mol. The van der Waals surface area contributed by atoms with Gasteiger partial charge in [-0.05, 0) is 6.42 Å². The molecule has 0 heterocycles. The molecule has 134 valence electrons. The number of nitrogens with one attached hydrogen (secondary N) is 1. The van der Waals surface area contributed by atoms with Crippen LogP contribution in [0.4, 0.5) is 0 Å². The van der Waals surface area contributed by atoms with Crippen molar-refractivity contribution in [2.45, 2.75) is 71.1 Å². The van der Waals surface area contributed by atoms with Gasteiger partial charge in [0, 0.05) is 6.54 Å². The van der Waals surface area contributed by atoms with E-state index < -0.39 is 11.9 Å². The predicted molar refractivity (Wildman–Crippen MR) is 92.0 cm³/mol. The van der Waals surface area contributed by atoms with Gasteiger partial charge in [-0.1, -0.05) is 64.7 Å². The highest BCUT2D eigenvalue weighted by Crippen LogP contribution is 2.10. The topological polar surface area (TPSA) is 64.6 Å². The number of hydrogen-bond donors (Lipinski definition) is 1. The Bertz CT molecular complexity index is 353. The number of esters is 2. The van der Waals surface area contributed by atoms with E-state index in [1.165, 1.54) is 65.6 Å². The van der Waals surface area contributed by atoms with Gasteiger partial charge in [-0.2, -0.15) is 0 Å². The number of hydrogen-bond acceptors (Lipinski definition) is 5. The Balaban J connectivity index is 3.69. The summed E-state index contributed by atoms with van der Waals surface area (Å²) < 4.78 is 9.15. The van der Waals surface area contributed by atoms with Crippen molar-refractivity contribution >= 4 is 11.9 Å². The minimum Gasteiger partial charge on any atom is -0.466 e. The van der Waals surface area contributed by atoms with E-state index >= 15 is 0 Å². The Labute approximate surface area is 140 Å². The van der Waals surface area contributed by atoms with E-state index in [2.05, 4.69) is 21.7 Å². The molecule has 0 fully saturated rings. The third kappa shape index (κ3) is 12.7. The maximum absolute atomic E-state index is 11.5. The SMILES string of the molecule is CCCCCCCCCCCCN/C(=C/C(=O)OC)C(=O)OC. The van der Waals surface area contributed by atoms with Crippen molar-refractivity contribution in [2.75, 3.05) is 20.8 Å². The second kappa shape index (κ2) is 15.4. The van der Waals surface area contributed by atoms with Gasteiger partial charge in [-0.25, -0.2) is 9.59 Å². The largest absolute Gasteiger partial charge is 0.466 e. The summed E-state index contributed by atoms with van der Waals surface area (Å²) in [5, 5.41) is 2.95. The van der Waals surface area contributed by atoms with E-state index in [1.807, 2.05) is 0 Å². The minimum absolute atomic E-state index is 0.148. The second-order valence-electron chi connectivity index (χ2n) is 5.68. The molecule has 0 aromatic carbocycles. The Morgan fingerprint density at radius 1 is 0.826 bits per heavy atom. The summed E-state index contributed by atoms with van der Waals surface area (Å²) in [6, 6.07) is 0. The first kappa shape index (κ1) is 21.5. The molecule has 0 rings (SSSR count). The van der Waals surface area contributed by atoms with Crippen LogP contribution in [0.1, 0.15) is 71.1 Å². The maximum atomic E-state index is 11.5. The fourth-order valence-electron chi connectivity index (χ4n) is 2.30. The lowest BCUT2D eigenvalue weighted by atomic mass is 10.1. The van der Waals surface area contributed by atoms with Crippen LogP contribution in [-0.4, -0.2) is 32.7 Å². The molecule has 0 aliphatic rings. The van der Waals surface area contributed by atoms with Crippen molar-refractivity contribution in [2.24, 2.45) is 0 Å². The summed E-state index contributed by atoms with van der Waals surface area (Å²) in [7, 11) is 2.56. The molecule has 0 atom stereocenters. The smallest absolute Gasteiger partial charge is 0.354 e.